The third kappa shape index (κ3) is 6.69. The van der Waals surface area contributed by atoms with Crippen molar-refractivity contribution in [2.24, 2.45) is 17.8 Å². The molecular weight excluding hydrogens is 546 g/mol. The van der Waals surface area contributed by atoms with Crippen LogP contribution in [-0.4, -0.2) is 50.5 Å². The Morgan fingerprint density at radius 1 is 1.18 bits per heavy atom. The van der Waals surface area contributed by atoms with Gasteiger partial charge in [-0.25, -0.2) is 0 Å². The highest BCUT2D eigenvalue weighted by Crippen LogP contribution is 2.41. The van der Waals surface area contributed by atoms with Gasteiger partial charge in [-0.3, -0.25) is 19.1 Å². The monoisotopic (exact) mass is 575 g/mol. The van der Waals surface area contributed by atoms with Gasteiger partial charge in [0, 0.05) is 6.54 Å². The molecule has 1 aliphatic rings. The number of carbonyl (C=O) groups excluding carboxylic acids is 2. The highest BCUT2D eigenvalue weighted by Gasteiger charge is 2.44. The van der Waals surface area contributed by atoms with Crippen LogP contribution in [0.4, 0.5) is 13.2 Å². The van der Waals surface area contributed by atoms with E-state index in [1.54, 1.807) is 13.0 Å². The summed E-state index contributed by atoms with van der Waals surface area (Å²) in [7, 11) is 0. The number of rotatable bonds is 9. The van der Waals surface area contributed by atoms with E-state index in [4.69, 9.17) is 23.2 Å². The Bertz CT molecular complexity index is 1180. The number of carbonyl (C=O) groups is 3. The molecule has 1 amide bonds. The third-order valence-electron chi connectivity index (χ3n) is 6.94. The topological polar surface area (TPSA) is 92.5 Å². The average Bonchev–Trinajstić information content (AvgIpc) is 3.26. The summed E-state index contributed by atoms with van der Waals surface area (Å²) in [5.74, 6) is -3.46. The first-order valence-corrected chi connectivity index (χ1v) is 13.1. The zero-order valence-corrected chi connectivity index (χ0v) is 22.8. The Morgan fingerprint density at radius 3 is 2.34 bits per heavy atom. The number of aromatic nitrogens is 2. The minimum Gasteiger partial charge on any atom is -0.481 e. The zero-order chi connectivity index (χ0) is 28.4. The summed E-state index contributed by atoms with van der Waals surface area (Å²) in [6.07, 6.45) is -3.02. The lowest BCUT2D eigenvalue weighted by Gasteiger charge is -2.33. The average molecular weight is 576 g/mol. The Kier molecular flexibility index (Phi) is 9.52. The number of halogens is 5. The Morgan fingerprint density at radius 2 is 1.82 bits per heavy atom. The van der Waals surface area contributed by atoms with Crippen molar-refractivity contribution < 1.29 is 32.7 Å². The number of amides is 1. The van der Waals surface area contributed by atoms with Crippen LogP contribution in [0.25, 0.3) is 0 Å². The van der Waals surface area contributed by atoms with Crippen molar-refractivity contribution in [3.05, 3.63) is 51.3 Å². The van der Waals surface area contributed by atoms with E-state index in [0.717, 1.165) is 15.8 Å². The third-order valence-corrected chi connectivity index (χ3v) is 7.57. The largest absolute Gasteiger partial charge is 0.481 e. The van der Waals surface area contributed by atoms with Crippen LogP contribution in [-0.2, 0) is 11.0 Å². The molecule has 2 aromatic rings. The van der Waals surface area contributed by atoms with E-state index in [1.165, 1.54) is 12.1 Å². The first-order valence-electron chi connectivity index (χ1n) is 12.4. The van der Waals surface area contributed by atoms with Gasteiger partial charge in [-0.2, -0.15) is 18.3 Å². The summed E-state index contributed by atoms with van der Waals surface area (Å²) in [6.45, 7) is 4.99. The van der Waals surface area contributed by atoms with Crippen LogP contribution in [0.1, 0.15) is 78.9 Å². The normalized spacial score (nSPS) is 20.0. The smallest absolute Gasteiger partial charge is 0.433 e. The fraction of sp³-hybridized carbons (Fsp3) is 0.538. The Labute approximate surface area is 228 Å². The fourth-order valence-corrected chi connectivity index (χ4v) is 5.50. The highest BCUT2D eigenvalue weighted by molar-refractivity contribution is 6.40. The van der Waals surface area contributed by atoms with Crippen molar-refractivity contribution in [2.45, 2.75) is 58.7 Å². The second-order valence-electron chi connectivity index (χ2n) is 10.2. The molecule has 1 fully saturated rings. The van der Waals surface area contributed by atoms with Crippen molar-refractivity contribution in [2.75, 3.05) is 13.1 Å². The van der Waals surface area contributed by atoms with E-state index < -0.39 is 53.6 Å². The summed E-state index contributed by atoms with van der Waals surface area (Å²) in [5.41, 5.74) is -1.87. The van der Waals surface area contributed by atoms with Crippen LogP contribution in [0, 0.1) is 17.8 Å². The van der Waals surface area contributed by atoms with E-state index in [9.17, 15) is 32.7 Å². The molecule has 1 N–H and O–H groups in total. The Hall–Kier alpha value is -2.59. The minimum absolute atomic E-state index is 0.00546. The molecule has 7 nitrogen and oxygen atoms in total. The SMILES string of the molecule is CC(C)CCN(CC(=O)c1c(Cl)cccc1Cl)C(=O)c1cnn(C2CCC(C(=O)O)C(C)C2)c1C(F)(F)F. The van der Waals surface area contributed by atoms with Crippen LogP contribution in [0.2, 0.25) is 10.0 Å². The molecule has 3 rings (SSSR count). The first kappa shape index (κ1) is 30.0. The fourth-order valence-electron chi connectivity index (χ4n) is 4.89. The summed E-state index contributed by atoms with van der Waals surface area (Å²) in [4.78, 5) is 39.1. The first-order chi connectivity index (χ1) is 17.7. The number of benzene rings is 1. The van der Waals surface area contributed by atoms with E-state index in [0.29, 0.717) is 6.42 Å². The molecule has 1 aromatic heterocycles. The molecule has 0 spiro atoms. The molecule has 0 saturated heterocycles. The van der Waals surface area contributed by atoms with Crippen LogP contribution < -0.4 is 0 Å². The number of hydrogen-bond donors (Lipinski definition) is 1. The predicted octanol–water partition coefficient (Wildman–Crippen LogP) is 6.64. The number of aliphatic carboxylic acids is 1. The van der Waals surface area contributed by atoms with Crippen molar-refractivity contribution in [3.8, 4) is 0 Å². The summed E-state index contributed by atoms with van der Waals surface area (Å²) >= 11 is 12.3. The van der Waals surface area contributed by atoms with Gasteiger partial charge in [-0.1, -0.05) is 50.0 Å². The van der Waals surface area contributed by atoms with Crippen LogP contribution >= 0.6 is 23.2 Å². The number of nitrogens with zero attached hydrogens (tertiary/aromatic N) is 3. The maximum atomic E-state index is 14.3. The number of ketones is 1. The molecule has 0 aliphatic heterocycles. The Balaban J connectivity index is 1.96. The molecule has 1 aliphatic carbocycles. The van der Waals surface area contributed by atoms with Gasteiger partial charge < -0.3 is 10.0 Å². The number of alkyl halides is 3. The van der Waals surface area contributed by atoms with Crippen molar-refractivity contribution in [1.29, 1.82) is 0 Å². The van der Waals surface area contributed by atoms with E-state index >= 15 is 0 Å². The maximum Gasteiger partial charge on any atom is 0.433 e. The highest BCUT2D eigenvalue weighted by atomic mass is 35.5. The van der Waals surface area contributed by atoms with Gasteiger partial charge in [0.05, 0.1) is 45.9 Å². The predicted molar refractivity (Wildman–Crippen MR) is 137 cm³/mol. The van der Waals surface area contributed by atoms with E-state index in [-0.39, 0.29) is 53.3 Å². The van der Waals surface area contributed by atoms with Crippen LogP contribution in [0.3, 0.4) is 0 Å². The molecule has 3 atom stereocenters. The van der Waals surface area contributed by atoms with Gasteiger partial charge in [0.2, 0.25) is 0 Å². The van der Waals surface area contributed by atoms with Crippen molar-refractivity contribution >= 4 is 40.9 Å². The molecule has 208 valence electrons. The standard InChI is InChI=1S/C26H30Cl2F3N3O4/c1-14(2)9-10-33(13-21(35)22-19(27)5-4-6-20(22)28)24(36)18-12-32-34(23(18)26(29,30)31)16-7-8-17(25(37)38)15(3)11-16/h4-6,12,14-17H,7-11,13H2,1-3H3,(H,37,38). The van der Waals surface area contributed by atoms with Gasteiger partial charge in [0.25, 0.3) is 5.91 Å². The number of carboxylic acid groups (broad SMARTS) is 1. The van der Waals surface area contributed by atoms with Crippen LogP contribution in [0.5, 0.6) is 0 Å². The second-order valence-corrected chi connectivity index (χ2v) is 11.0. The molecule has 12 heteroatoms. The van der Waals surface area contributed by atoms with E-state index in [1.807, 2.05) is 13.8 Å². The lowest BCUT2D eigenvalue weighted by Crippen LogP contribution is -2.38. The molecule has 0 radical (unpaired) electrons. The molecule has 1 heterocycles. The minimum atomic E-state index is -4.91. The summed E-state index contributed by atoms with van der Waals surface area (Å²) < 4.78 is 43.8. The van der Waals surface area contributed by atoms with Crippen molar-refractivity contribution in [1.82, 2.24) is 14.7 Å². The number of Topliss-reactive ketones (excluding diaryl/α,β-unsaturated/α-hetero) is 1. The lowest BCUT2D eigenvalue weighted by molar-refractivity contribution is -0.149. The molecule has 1 saturated carbocycles. The summed E-state index contributed by atoms with van der Waals surface area (Å²) in [6, 6.07) is 3.77. The zero-order valence-electron chi connectivity index (χ0n) is 21.3. The number of carboxylic acids is 1. The number of hydrogen-bond acceptors (Lipinski definition) is 4. The molecule has 3 unspecified atom stereocenters. The molecule has 38 heavy (non-hydrogen) atoms. The van der Waals surface area contributed by atoms with Crippen LogP contribution in [0.15, 0.2) is 24.4 Å². The summed E-state index contributed by atoms with van der Waals surface area (Å²) in [5, 5.41) is 13.5. The van der Waals surface area contributed by atoms with Gasteiger partial charge in [-0.15, -0.1) is 0 Å². The lowest BCUT2D eigenvalue weighted by atomic mass is 9.78. The quantitative estimate of drug-likeness (QED) is 0.338. The molecular formula is C26H30Cl2F3N3O4. The van der Waals surface area contributed by atoms with E-state index in [2.05, 4.69) is 5.10 Å². The maximum absolute atomic E-state index is 14.3. The molecule has 0 bridgehead atoms. The van der Waals surface area contributed by atoms with Gasteiger partial charge >= 0.3 is 12.1 Å². The van der Waals surface area contributed by atoms with Gasteiger partial charge in [-0.05, 0) is 49.7 Å². The van der Waals surface area contributed by atoms with Crippen molar-refractivity contribution in [3.63, 3.8) is 0 Å². The van der Waals surface area contributed by atoms with Gasteiger partial charge in [0.15, 0.2) is 11.5 Å². The van der Waals surface area contributed by atoms with Gasteiger partial charge in [0.1, 0.15) is 0 Å². The second kappa shape index (κ2) is 12.1. The molecule has 1 aromatic carbocycles.